The van der Waals surface area contributed by atoms with E-state index in [1.54, 1.807) is 11.1 Å². The van der Waals surface area contributed by atoms with Crippen LogP contribution in [-0.2, 0) is 18.3 Å². The van der Waals surface area contributed by atoms with Crippen LogP contribution in [0.4, 0.5) is 17.1 Å². The summed E-state index contributed by atoms with van der Waals surface area (Å²) in [7, 11) is 0. The molecule has 74 heavy (non-hydrogen) atoms. The van der Waals surface area contributed by atoms with Gasteiger partial charge in [0.15, 0.2) is 0 Å². The second-order valence-corrected chi connectivity index (χ2v) is 21.4. The summed E-state index contributed by atoms with van der Waals surface area (Å²) in [6.45, 7) is 0. The standard InChI is InChI=1S/C73H55N/c1-5-20-50(21-6-1)68(53-38-44-63-62-31-15-16-32-64(62)70(66(63)47-53)52-24-9-3-10-25-52)65-33-17-26-54-45-56-39-40-57-46-55-27-18-34-67(72(55)73(56,57)71(54)65)74(58-28-11-4-12-29-58)59-41-35-49(36-42-59)61-43-37-48-19-13-14-30-60(48)69(61)51-22-7-2-8-23-51/h1-38,41-44,47,56-57,68,70H,39-40,45-46H2. The minimum atomic E-state index is -0.132. The third kappa shape index (κ3) is 6.55. The Hall–Kier alpha value is -8.52. The fourth-order valence-electron chi connectivity index (χ4n) is 15.0. The Labute approximate surface area is 435 Å². The van der Waals surface area contributed by atoms with E-state index in [0.29, 0.717) is 11.8 Å². The molecule has 5 atom stereocenters. The Bertz CT molecular complexity index is 3910. The molecule has 11 aromatic rings. The number of rotatable bonds is 9. The topological polar surface area (TPSA) is 3.24 Å². The number of hydrogen-bond acceptors (Lipinski definition) is 1. The van der Waals surface area contributed by atoms with Gasteiger partial charge in [-0.15, -0.1) is 0 Å². The molecule has 0 saturated heterocycles. The van der Waals surface area contributed by atoms with E-state index in [2.05, 4.69) is 266 Å². The van der Waals surface area contributed by atoms with Gasteiger partial charge in [0, 0.05) is 28.6 Å². The van der Waals surface area contributed by atoms with E-state index in [-0.39, 0.29) is 17.3 Å². The number of para-hydroxylation sites is 1. The molecule has 0 bridgehead atoms. The maximum absolute atomic E-state index is 2.59. The van der Waals surface area contributed by atoms with E-state index in [9.17, 15) is 0 Å². The van der Waals surface area contributed by atoms with E-state index in [1.165, 1.54) is 119 Å². The van der Waals surface area contributed by atoms with Crippen LogP contribution in [-0.4, -0.2) is 0 Å². The molecule has 15 rings (SSSR count). The zero-order chi connectivity index (χ0) is 48.7. The zero-order valence-electron chi connectivity index (χ0n) is 41.4. The summed E-state index contributed by atoms with van der Waals surface area (Å²) in [6, 6.07) is 98.7. The Balaban J connectivity index is 0.905. The molecule has 1 saturated carbocycles. The van der Waals surface area contributed by atoms with E-state index in [4.69, 9.17) is 0 Å². The van der Waals surface area contributed by atoms with Crippen molar-refractivity contribution in [2.45, 2.75) is 42.9 Å². The van der Waals surface area contributed by atoms with Crippen molar-refractivity contribution >= 4 is 27.8 Å². The average molecular weight is 946 g/mol. The normalized spacial score (nSPS) is 19.0. The van der Waals surface area contributed by atoms with Gasteiger partial charge < -0.3 is 4.90 Å². The van der Waals surface area contributed by atoms with Crippen LogP contribution in [0.5, 0.6) is 0 Å². The number of nitrogens with zero attached hydrogens (tertiary/aromatic N) is 1. The first kappa shape index (κ1) is 43.1. The Morgan fingerprint density at radius 2 is 1.01 bits per heavy atom. The van der Waals surface area contributed by atoms with Crippen molar-refractivity contribution in [3.8, 4) is 33.4 Å². The molecule has 0 amide bonds. The molecule has 5 unspecified atom stereocenters. The van der Waals surface area contributed by atoms with E-state index in [0.717, 1.165) is 12.8 Å². The molecule has 0 heterocycles. The van der Waals surface area contributed by atoms with Crippen LogP contribution in [0, 0.1) is 11.8 Å². The lowest BCUT2D eigenvalue weighted by atomic mass is 9.65. The van der Waals surface area contributed by atoms with Crippen molar-refractivity contribution in [1.29, 1.82) is 0 Å². The fraction of sp³-hybridized carbons (Fsp3) is 0.123. The summed E-state index contributed by atoms with van der Waals surface area (Å²) in [5, 5.41) is 2.53. The molecule has 11 aromatic carbocycles. The van der Waals surface area contributed by atoms with Gasteiger partial charge in [0.05, 0.1) is 5.69 Å². The number of anilines is 3. The predicted molar refractivity (Wildman–Crippen MR) is 307 cm³/mol. The number of fused-ring (bicyclic) bond motifs is 6. The minimum absolute atomic E-state index is 0.0517. The molecule has 1 fully saturated rings. The van der Waals surface area contributed by atoms with Crippen LogP contribution in [0.1, 0.15) is 80.3 Å². The highest BCUT2D eigenvalue weighted by Gasteiger charge is 2.62. The summed E-state index contributed by atoms with van der Waals surface area (Å²) in [5.74, 6) is 1.27. The number of hydrogen-bond donors (Lipinski definition) is 0. The van der Waals surface area contributed by atoms with Gasteiger partial charge in [0.2, 0.25) is 0 Å². The molecule has 0 aromatic heterocycles. The molecule has 0 radical (unpaired) electrons. The van der Waals surface area contributed by atoms with E-state index in [1.807, 2.05) is 0 Å². The monoisotopic (exact) mass is 945 g/mol. The molecular weight excluding hydrogens is 891 g/mol. The van der Waals surface area contributed by atoms with Gasteiger partial charge >= 0.3 is 0 Å². The van der Waals surface area contributed by atoms with Crippen LogP contribution in [0.15, 0.2) is 261 Å². The summed E-state index contributed by atoms with van der Waals surface area (Å²) in [5.41, 5.74) is 25.8. The van der Waals surface area contributed by atoms with Gasteiger partial charge in [-0.1, -0.05) is 231 Å². The van der Waals surface area contributed by atoms with Crippen molar-refractivity contribution in [1.82, 2.24) is 0 Å². The van der Waals surface area contributed by atoms with Gasteiger partial charge in [-0.3, -0.25) is 0 Å². The van der Waals surface area contributed by atoms with Gasteiger partial charge in [0.25, 0.3) is 0 Å². The van der Waals surface area contributed by atoms with Gasteiger partial charge in [0.1, 0.15) is 0 Å². The fourth-order valence-corrected chi connectivity index (χ4v) is 15.0. The Morgan fingerprint density at radius 3 is 1.78 bits per heavy atom. The molecule has 1 spiro atoms. The molecule has 0 N–H and O–H groups in total. The van der Waals surface area contributed by atoms with Crippen molar-refractivity contribution in [3.05, 3.63) is 316 Å². The van der Waals surface area contributed by atoms with Crippen molar-refractivity contribution in [3.63, 3.8) is 0 Å². The minimum Gasteiger partial charge on any atom is -0.310 e. The summed E-state index contributed by atoms with van der Waals surface area (Å²) < 4.78 is 0. The first-order valence-electron chi connectivity index (χ1n) is 26.8. The second-order valence-electron chi connectivity index (χ2n) is 21.4. The highest BCUT2D eigenvalue weighted by atomic mass is 15.1. The predicted octanol–water partition coefficient (Wildman–Crippen LogP) is 18.4. The van der Waals surface area contributed by atoms with E-state index < -0.39 is 0 Å². The van der Waals surface area contributed by atoms with Crippen molar-refractivity contribution < 1.29 is 0 Å². The highest BCUT2D eigenvalue weighted by molar-refractivity contribution is 6.04. The first-order chi connectivity index (χ1) is 36.7. The lowest BCUT2D eigenvalue weighted by Crippen LogP contribution is -2.34. The van der Waals surface area contributed by atoms with Crippen molar-refractivity contribution in [2.75, 3.05) is 4.90 Å². The molecule has 352 valence electrons. The average Bonchev–Trinajstić information content (AvgIpc) is 4.33. The maximum Gasteiger partial charge on any atom is 0.0505 e. The third-order valence-electron chi connectivity index (χ3n) is 17.8. The smallest absolute Gasteiger partial charge is 0.0505 e. The van der Waals surface area contributed by atoms with E-state index >= 15 is 0 Å². The largest absolute Gasteiger partial charge is 0.310 e. The lowest BCUT2D eigenvalue weighted by Gasteiger charge is -2.39. The third-order valence-corrected chi connectivity index (χ3v) is 17.8. The second kappa shape index (κ2) is 17.3. The molecule has 4 aliphatic rings. The quantitative estimate of drug-likeness (QED) is 0.130. The molecule has 1 heteroatoms. The van der Waals surface area contributed by atoms with Crippen LogP contribution in [0.3, 0.4) is 0 Å². The van der Waals surface area contributed by atoms with Crippen LogP contribution < -0.4 is 4.90 Å². The summed E-state index contributed by atoms with van der Waals surface area (Å²) in [6.07, 6.45) is 4.70. The van der Waals surface area contributed by atoms with Crippen LogP contribution >= 0.6 is 0 Å². The lowest BCUT2D eigenvalue weighted by molar-refractivity contribution is 0.347. The van der Waals surface area contributed by atoms with Crippen molar-refractivity contribution in [2.24, 2.45) is 11.8 Å². The Kier molecular flexibility index (Phi) is 10.1. The molecule has 1 nitrogen and oxygen atoms in total. The highest BCUT2D eigenvalue weighted by Crippen LogP contribution is 2.68. The van der Waals surface area contributed by atoms with Gasteiger partial charge in [-0.05, 0) is 168 Å². The van der Waals surface area contributed by atoms with Gasteiger partial charge in [-0.25, -0.2) is 0 Å². The summed E-state index contributed by atoms with van der Waals surface area (Å²) >= 11 is 0. The van der Waals surface area contributed by atoms with Gasteiger partial charge in [-0.2, -0.15) is 0 Å². The summed E-state index contributed by atoms with van der Waals surface area (Å²) in [4.78, 5) is 2.59. The van der Waals surface area contributed by atoms with Crippen LogP contribution in [0.2, 0.25) is 0 Å². The molecule has 0 aliphatic heterocycles. The first-order valence-corrected chi connectivity index (χ1v) is 26.8. The van der Waals surface area contributed by atoms with Crippen LogP contribution in [0.25, 0.3) is 44.2 Å². The maximum atomic E-state index is 2.59. The molecule has 4 aliphatic carbocycles. The number of benzene rings is 11. The SMILES string of the molecule is c1ccc(-c2c(-c3ccc(N(c4ccccc4)c4cccc5c4C46c7c(cccc7C(c7ccccc7)c7ccc8c(c7)C(c7ccccc7)c7ccccc7-8)CC4CCC6C5)cc3)ccc3ccccc23)cc1. The molecular formula is C73H55N. The Morgan fingerprint density at radius 1 is 0.405 bits per heavy atom. The zero-order valence-corrected chi connectivity index (χ0v) is 41.4.